The largest absolute Gasteiger partial charge is 0.477 e. The summed E-state index contributed by atoms with van der Waals surface area (Å²) < 4.78 is 13.6. The average molecular weight is 268 g/mol. The van der Waals surface area contributed by atoms with E-state index in [2.05, 4.69) is 9.97 Å². The van der Waals surface area contributed by atoms with Crippen molar-refractivity contribution in [1.82, 2.24) is 9.97 Å². The summed E-state index contributed by atoms with van der Waals surface area (Å²) in [6, 6.07) is 1.02. The van der Waals surface area contributed by atoms with Gasteiger partial charge in [-0.3, -0.25) is 4.79 Å². The summed E-state index contributed by atoms with van der Waals surface area (Å²) in [4.78, 5) is 29.1. The van der Waals surface area contributed by atoms with E-state index in [0.717, 1.165) is 12.3 Å². The molecule has 0 spiro atoms. The summed E-state index contributed by atoms with van der Waals surface area (Å²) in [5.74, 6) is -1.33. The lowest BCUT2D eigenvalue weighted by atomic mass is 10.2. The number of hydrogen-bond acceptors (Lipinski definition) is 4. The molecule has 0 amide bonds. The number of H-pyrrole nitrogens is 1. The van der Waals surface area contributed by atoms with E-state index in [4.69, 9.17) is 5.11 Å². The summed E-state index contributed by atoms with van der Waals surface area (Å²) in [6.07, 6.45) is 1.07. The van der Waals surface area contributed by atoms with Crippen LogP contribution in [0.5, 0.6) is 0 Å². The third-order valence-corrected chi connectivity index (χ3v) is 3.15. The fourth-order valence-electron chi connectivity index (χ4n) is 1.50. The third kappa shape index (κ3) is 2.08. The van der Waals surface area contributed by atoms with E-state index in [-0.39, 0.29) is 16.1 Å². The fourth-order valence-corrected chi connectivity index (χ4v) is 2.13. The Morgan fingerprint density at radius 2 is 2.33 bits per heavy atom. The minimum atomic E-state index is -1.36. The lowest BCUT2D eigenvalue weighted by Crippen LogP contribution is -2.16. The predicted molar refractivity (Wildman–Crippen MR) is 65.7 cm³/mol. The first-order valence-electron chi connectivity index (χ1n) is 5.12. The molecule has 0 aromatic carbocycles. The SMILES string of the molecule is CCSc1nc2[nH]cc(C(=O)O)c(=O)c2cc1F. The highest BCUT2D eigenvalue weighted by Gasteiger charge is 2.14. The van der Waals surface area contributed by atoms with E-state index in [1.165, 1.54) is 11.8 Å². The number of carboxylic acid groups (broad SMARTS) is 1. The van der Waals surface area contributed by atoms with Gasteiger partial charge in [-0.25, -0.2) is 14.2 Å². The maximum absolute atomic E-state index is 13.6. The maximum atomic E-state index is 13.6. The van der Waals surface area contributed by atoms with Crippen molar-refractivity contribution in [1.29, 1.82) is 0 Å². The van der Waals surface area contributed by atoms with Crippen LogP contribution < -0.4 is 5.43 Å². The van der Waals surface area contributed by atoms with Crippen molar-refractivity contribution in [2.24, 2.45) is 0 Å². The molecule has 2 aromatic rings. The molecule has 0 saturated carbocycles. The van der Waals surface area contributed by atoms with Gasteiger partial charge in [0.2, 0.25) is 5.43 Å². The van der Waals surface area contributed by atoms with Crippen LogP contribution >= 0.6 is 11.8 Å². The number of aromatic nitrogens is 2. The van der Waals surface area contributed by atoms with E-state index in [1.807, 2.05) is 6.92 Å². The number of nitrogens with one attached hydrogen (secondary N) is 1. The number of pyridine rings is 2. The first-order valence-corrected chi connectivity index (χ1v) is 6.11. The molecule has 0 bridgehead atoms. The van der Waals surface area contributed by atoms with Crippen molar-refractivity contribution in [2.45, 2.75) is 11.9 Å². The smallest absolute Gasteiger partial charge is 0.341 e. The zero-order valence-corrected chi connectivity index (χ0v) is 10.2. The monoisotopic (exact) mass is 268 g/mol. The second-order valence-electron chi connectivity index (χ2n) is 3.44. The van der Waals surface area contributed by atoms with Gasteiger partial charge in [0.1, 0.15) is 16.2 Å². The normalized spacial score (nSPS) is 10.8. The van der Waals surface area contributed by atoms with Gasteiger partial charge >= 0.3 is 5.97 Å². The van der Waals surface area contributed by atoms with Crippen molar-refractivity contribution in [3.8, 4) is 0 Å². The van der Waals surface area contributed by atoms with Gasteiger partial charge < -0.3 is 10.1 Å². The summed E-state index contributed by atoms with van der Waals surface area (Å²) in [6.45, 7) is 1.85. The molecule has 2 N–H and O–H groups in total. The molecule has 7 heteroatoms. The number of fused-ring (bicyclic) bond motifs is 1. The Bertz CT molecular complexity index is 684. The number of carboxylic acids is 1. The molecule has 0 aliphatic rings. The van der Waals surface area contributed by atoms with Crippen LogP contribution in [0.2, 0.25) is 0 Å². The van der Waals surface area contributed by atoms with Crippen LogP contribution in [0.1, 0.15) is 17.3 Å². The molecule has 18 heavy (non-hydrogen) atoms. The van der Waals surface area contributed by atoms with Gasteiger partial charge in [-0.05, 0) is 11.8 Å². The zero-order valence-electron chi connectivity index (χ0n) is 9.36. The first-order chi connectivity index (χ1) is 8.54. The quantitative estimate of drug-likeness (QED) is 0.830. The highest BCUT2D eigenvalue weighted by atomic mass is 32.2. The number of aromatic amines is 1. The second-order valence-corrected chi connectivity index (χ2v) is 4.69. The van der Waals surface area contributed by atoms with E-state index >= 15 is 0 Å². The molecule has 0 aliphatic carbocycles. The molecule has 0 unspecified atom stereocenters. The van der Waals surface area contributed by atoms with Crippen LogP contribution in [-0.4, -0.2) is 26.8 Å². The van der Waals surface area contributed by atoms with Crippen molar-refractivity contribution >= 4 is 28.8 Å². The minimum Gasteiger partial charge on any atom is -0.477 e. The molecular formula is C11H9FN2O3S. The standard InChI is InChI=1S/C11H9FN2O3S/c1-2-18-10-7(12)3-5-8(15)6(11(16)17)4-13-9(5)14-10/h3-4H,2H2,1H3,(H,16,17)(H,13,14,15). The first kappa shape index (κ1) is 12.6. The molecule has 0 aliphatic heterocycles. The van der Waals surface area contributed by atoms with Gasteiger partial charge in [-0.2, -0.15) is 0 Å². The Kier molecular flexibility index (Phi) is 3.33. The van der Waals surface area contributed by atoms with Gasteiger partial charge in [0.05, 0.1) is 5.39 Å². The van der Waals surface area contributed by atoms with Crippen LogP contribution in [0.15, 0.2) is 22.1 Å². The third-order valence-electron chi connectivity index (χ3n) is 2.30. The van der Waals surface area contributed by atoms with Crippen LogP contribution in [0, 0.1) is 5.82 Å². The molecule has 0 radical (unpaired) electrons. The number of hydrogen-bond donors (Lipinski definition) is 2. The van der Waals surface area contributed by atoms with Crippen LogP contribution in [0.4, 0.5) is 4.39 Å². The van der Waals surface area contributed by atoms with E-state index in [1.54, 1.807) is 0 Å². The number of rotatable bonds is 3. The Labute approximate surface area is 105 Å². The molecule has 2 heterocycles. The number of thioether (sulfide) groups is 1. The van der Waals surface area contributed by atoms with Gasteiger partial charge in [0.25, 0.3) is 0 Å². The minimum absolute atomic E-state index is 0.0622. The molecule has 5 nitrogen and oxygen atoms in total. The molecular weight excluding hydrogens is 259 g/mol. The van der Waals surface area contributed by atoms with Crippen LogP contribution in [-0.2, 0) is 0 Å². The fraction of sp³-hybridized carbons (Fsp3) is 0.182. The average Bonchev–Trinajstić information content (AvgIpc) is 2.31. The lowest BCUT2D eigenvalue weighted by molar-refractivity contribution is 0.0695. The number of aromatic carboxylic acids is 1. The van der Waals surface area contributed by atoms with Crippen LogP contribution in [0.3, 0.4) is 0 Å². The molecule has 0 atom stereocenters. The molecule has 0 fully saturated rings. The Hall–Kier alpha value is -1.89. The summed E-state index contributed by atoms with van der Waals surface area (Å²) in [5, 5.41) is 8.92. The lowest BCUT2D eigenvalue weighted by Gasteiger charge is -2.03. The van der Waals surface area contributed by atoms with Crippen molar-refractivity contribution in [2.75, 3.05) is 5.75 Å². The van der Waals surface area contributed by atoms with Crippen molar-refractivity contribution < 1.29 is 14.3 Å². The van der Waals surface area contributed by atoms with E-state index < -0.39 is 22.8 Å². The highest BCUT2D eigenvalue weighted by Crippen LogP contribution is 2.21. The van der Waals surface area contributed by atoms with Crippen molar-refractivity contribution in [3.05, 3.63) is 33.9 Å². The molecule has 2 rings (SSSR count). The molecule has 2 aromatic heterocycles. The number of carbonyl (C=O) groups is 1. The van der Waals surface area contributed by atoms with Crippen molar-refractivity contribution in [3.63, 3.8) is 0 Å². The topological polar surface area (TPSA) is 83.1 Å². The second kappa shape index (κ2) is 4.77. The molecule has 94 valence electrons. The number of nitrogens with zero attached hydrogens (tertiary/aromatic N) is 1. The van der Waals surface area contributed by atoms with E-state index in [0.29, 0.717) is 5.75 Å². The van der Waals surface area contributed by atoms with E-state index in [9.17, 15) is 14.0 Å². The van der Waals surface area contributed by atoms with Crippen LogP contribution in [0.25, 0.3) is 11.0 Å². The van der Waals surface area contributed by atoms with Gasteiger partial charge in [-0.1, -0.05) is 6.92 Å². The molecule has 0 saturated heterocycles. The maximum Gasteiger partial charge on any atom is 0.341 e. The Morgan fingerprint density at radius 3 is 2.94 bits per heavy atom. The predicted octanol–water partition coefficient (Wildman–Crippen LogP) is 1.87. The van der Waals surface area contributed by atoms with Gasteiger partial charge in [0.15, 0.2) is 5.82 Å². The highest BCUT2D eigenvalue weighted by molar-refractivity contribution is 7.99. The van der Waals surface area contributed by atoms with Gasteiger partial charge in [0, 0.05) is 6.20 Å². The number of halogens is 1. The Balaban J connectivity index is 2.73. The summed E-state index contributed by atoms with van der Waals surface area (Å²) >= 11 is 1.21. The summed E-state index contributed by atoms with van der Waals surface area (Å²) in [5.41, 5.74) is -0.988. The zero-order chi connectivity index (χ0) is 13.3. The summed E-state index contributed by atoms with van der Waals surface area (Å²) in [7, 11) is 0. The Morgan fingerprint density at radius 1 is 1.61 bits per heavy atom. The van der Waals surface area contributed by atoms with Gasteiger partial charge in [-0.15, -0.1) is 11.8 Å².